The van der Waals surface area contributed by atoms with Crippen LogP contribution in [-0.2, 0) is 14.6 Å². The third kappa shape index (κ3) is 8.63. The second kappa shape index (κ2) is 9.64. The van der Waals surface area contributed by atoms with Crippen LogP contribution in [0.15, 0.2) is 0 Å². The fraction of sp³-hybridized carbons (Fsp3) is 0.929. The van der Waals surface area contributed by atoms with Crippen LogP contribution in [0.1, 0.15) is 51.9 Å². The molecule has 1 rings (SSSR count). The summed E-state index contributed by atoms with van der Waals surface area (Å²) in [6.45, 7) is 2.54. The normalized spacial score (nSPS) is 16.1. The third-order valence-corrected chi connectivity index (χ3v) is 4.68. The Morgan fingerprint density at radius 1 is 1.24 bits per heavy atom. The Morgan fingerprint density at radius 2 is 1.81 bits per heavy atom. The van der Waals surface area contributed by atoms with Crippen molar-refractivity contribution >= 4 is 28.2 Å². The standard InChI is InChI=1S/C14H28N2O3S.ClH/c1-12(11-20(2,18)19)16(13-8-9-13)14(17)7-5-3-4-6-10-15;/h12-13H,3-11,15H2,1-2H3;1H. The Morgan fingerprint density at radius 3 is 2.29 bits per heavy atom. The van der Waals surface area contributed by atoms with E-state index in [0.29, 0.717) is 13.0 Å². The molecule has 0 bridgehead atoms. The molecule has 1 amide bonds. The molecule has 5 nitrogen and oxygen atoms in total. The van der Waals surface area contributed by atoms with Crippen molar-refractivity contribution < 1.29 is 13.2 Å². The number of carbonyl (C=O) groups excluding carboxylic acids is 1. The van der Waals surface area contributed by atoms with E-state index in [0.717, 1.165) is 38.5 Å². The number of unbranched alkanes of at least 4 members (excludes halogenated alkanes) is 3. The molecule has 0 aromatic heterocycles. The van der Waals surface area contributed by atoms with Crippen LogP contribution in [0.25, 0.3) is 0 Å². The Bertz CT molecular complexity index is 410. The van der Waals surface area contributed by atoms with E-state index in [4.69, 9.17) is 5.73 Å². The molecule has 0 radical (unpaired) electrons. The monoisotopic (exact) mass is 340 g/mol. The molecule has 0 saturated heterocycles. The van der Waals surface area contributed by atoms with Gasteiger partial charge in [0.2, 0.25) is 5.91 Å². The quantitative estimate of drug-likeness (QED) is 0.614. The highest BCUT2D eigenvalue weighted by Crippen LogP contribution is 2.30. The molecule has 0 aromatic rings. The first-order valence-electron chi connectivity index (χ1n) is 7.54. The maximum absolute atomic E-state index is 12.3. The first-order chi connectivity index (χ1) is 9.35. The number of nitrogens with two attached hydrogens (primary N) is 1. The average Bonchev–Trinajstić information content (AvgIpc) is 3.11. The second-order valence-electron chi connectivity index (χ2n) is 5.93. The summed E-state index contributed by atoms with van der Waals surface area (Å²) in [4.78, 5) is 14.1. The zero-order chi connectivity index (χ0) is 15.2. The second-order valence-corrected chi connectivity index (χ2v) is 8.11. The van der Waals surface area contributed by atoms with Gasteiger partial charge in [-0.2, -0.15) is 0 Å². The summed E-state index contributed by atoms with van der Waals surface area (Å²) in [6, 6.07) is 0.0531. The maximum atomic E-state index is 12.3. The average molecular weight is 341 g/mol. The van der Waals surface area contributed by atoms with Crippen LogP contribution < -0.4 is 5.73 Å². The van der Waals surface area contributed by atoms with E-state index in [1.807, 2.05) is 11.8 Å². The predicted octanol–water partition coefficient (Wildman–Crippen LogP) is 1.74. The topological polar surface area (TPSA) is 80.5 Å². The van der Waals surface area contributed by atoms with Gasteiger partial charge in [0.25, 0.3) is 0 Å². The zero-order valence-electron chi connectivity index (χ0n) is 13.1. The largest absolute Gasteiger partial charge is 0.336 e. The van der Waals surface area contributed by atoms with Crippen molar-refractivity contribution in [2.24, 2.45) is 5.73 Å². The van der Waals surface area contributed by atoms with Crippen molar-refractivity contribution in [3.05, 3.63) is 0 Å². The van der Waals surface area contributed by atoms with E-state index in [2.05, 4.69) is 0 Å². The van der Waals surface area contributed by atoms with Gasteiger partial charge in [-0.25, -0.2) is 8.42 Å². The molecule has 1 unspecified atom stereocenters. The number of sulfone groups is 1. The highest BCUT2D eigenvalue weighted by molar-refractivity contribution is 7.90. The lowest BCUT2D eigenvalue weighted by molar-refractivity contribution is -0.133. The molecule has 126 valence electrons. The van der Waals surface area contributed by atoms with Crippen LogP contribution in [0.5, 0.6) is 0 Å². The van der Waals surface area contributed by atoms with E-state index in [1.54, 1.807) is 0 Å². The molecule has 1 atom stereocenters. The summed E-state index contributed by atoms with van der Waals surface area (Å²) in [5.41, 5.74) is 5.43. The molecule has 2 N–H and O–H groups in total. The number of rotatable bonds is 10. The highest BCUT2D eigenvalue weighted by atomic mass is 35.5. The molecule has 0 heterocycles. The zero-order valence-corrected chi connectivity index (χ0v) is 14.7. The van der Waals surface area contributed by atoms with Crippen LogP contribution in [0.3, 0.4) is 0 Å². The minimum absolute atomic E-state index is 0. The summed E-state index contributed by atoms with van der Waals surface area (Å²) < 4.78 is 22.8. The fourth-order valence-corrected chi connectivity index (χ4v) is 3.62. The van der Waals surface area contributed by atoms with Crippen molar-refractivity contribution in [2.45, 2.75) is 64.0 Å². The van der Waals surface area contributed by atoms with Crippen molar-refractivity contribution in [3.8, 4) is 0 Å². The molecule has 1 saturated carbocycles. The predicted molar refractivity (Wildman–Crippen MR) is 88.4 cm³/mol. The van der Waals surface area contributed by atoms with Gasteiger partial charge in [0.15, 0.2) is 0 Å². The number of nitrogens with zero attached hydrogens (tertiary/aromatic N) is 1. The van der Waals surface area contributed by atoms with Gasteiger partial charge in [-0.1, -0.05) is 12.8 Å². The first kappa shape index (κ1) is 20.7. The SMILES string of the molecule is CC(CS(C)(=O)=O)N(C(=O)CCCCCCN)C1CC1.Cl. The van der Waals surface area contributed by atoms with Crippen LogP contribution in [-0.4, -0.2) is 49.9 Å². The van der Waals surface area contributed by atoms with Crippen LogP contribution in [0.2, 0.25) is 0 Å². The summed E-state index contributed by atoms with van der Waals surface area (Å²) in [7, 11) is -3.05. The third-order valence-electron chi connectivity index (χ3n) is 3.59. The summed E-state index contributed by atoms with van der Waals surface area (Å²) in [6.07, 6.45) is 7.72. The van der Waals surface area contributed by atoms with Crippen LogP contribution in [0.4, 0.5) is 0 Å². The molecule has 1 aliphatic rings. The number of hydrogen-bond acceptors (Lipinski definition) is 4. The molecule has 1 fully saturated rings. The Kier molecular flexibility index (Phi) is 9.49. The van der Waals surface area contributed by atoms with E-state index < -0.39 is 9.84 Å². The minimum atomic E-state index is -3.05. The van der Waals surface area contributed by atoms with Gasteiger partial charge in [0, 0.05) is 24.8 Å². The van der Waals surface area contributed by atoms with Crippen LogP contribution in [0, 0.1) is 0 Å². The number of hydrogen-bond donors (Lipinski definition) is 1. The smallest absolute Gasteiger partial charge is 0.223 e. The number of halogens is 1. The van der Waals surface area contributed by atoms with E-state index in [9.17, 15) is 13.2 Å². The molecule has 21 heavy (non-hydrogen) atoms. The van der Waals surface area contributed by atoms with Gasteiger partial charge in [-0.15, -0.1) is 12.4 Å². The van der Waals surface area contributed by atoms with Gasteiger partial charge >= 0.3 is 0 Å². The Labute approximate surface area is 135 Å². The lowest BCUT2D eigenvalue weighted by atomic mass is 10.1. The van der Waals surface area contributed by atoms with Crippen molar-refractivity contribution in [1.82, 2.24) is 4.90 Å². The fourth-order valence-electron chi connectivity index (χ4n) is 2.58. The van der Waals surface area contributed by atoms with Crippen LogP contribution >= 0.6 is 12.4 Å². The lowest BCUT2D eigenvalue weighted by Gasteiger charge is -2.29. The van der Waals surface area contributed by atoms with E-state index in [1.165, 1.54) is 6.26 Å². The minimum Gasteiger partial charge on any atom is -0.336 e. The molecule has 0 aromatic carbocycles. The van der Waals surface area contributed by atoms with Crippen molar-refractivity contribution in [2.75, 3.05) is 18.6 Å². The lowest BCUT2D eigenvalue weighted by Crippen LogP contribution is -2.43. The Hall–Kier alpha value is -0.330. The molecular formula is C14H29ClN2O3S. The molecule has 7 heteroatoms. The van der Waals surface area contributed by atoms with Gasteiger partial charge in [0.1, 0.15) is 9.84 Å². The van der Waals surface area contributed by atoms with Gasteiger partial charge in [0.05, 0.1) is 5.75 Å². The number of amides is 1. The maximum Gasteiger partial charge on any atom is 0.223 e. The number of carbonyl (C=O) groups is 1. The van der Waals surface area contributed by atoms with Gasteiger partial charge in [-0.3, -0.25) is 4.79 Å². The molecular weight excluding hydrogens is 312 g/mol. The first-order valence-corrected chi connectivity index (χ1v) is 9.60. The summed E-state index contributed by atoms with van der Waals surface area (Å²) >= 11 is 0. The van der Waals surface area contributed by atoms with E-state index >= 15 is 0 Å². The Balaban J connectivity index is 0.00000400. The van der Waals surface area contributed by atoms with Gasteiger partial charge < -0.3 is 10.6 Å². The van der Waals surface area contributed by atoms with Crippen molar-refractivity contribution in [3.63, 3.8) is 0 Å². The summed E-state index contributed by atoms with van der Waals surface area (Å²) in [5.74, 6) is 0.166. The van der Waals surface area contributed by atoms with E-state index in [-0.39, 0.29) is 36.2 Å². The summed E-state index contributed by atoms with van der Waals surface area (Å²) in [5, 5.41) is 0. The molecule has 1 aliphatic carbocycles. The molecule has 0 spiro atoms. The van der Waals surface area contributed by atoms with Crippen molar-refractivity contribution in [1.29, 1.82) is 0 Å². The van der Waals surface area contributed by atoms with Gasteiger partial charge in [-0.05, 0) is 39.2 Å². The molecule has 0 aliphatic heterocycles. The highest BCUT2D eigenvalue weighted by Gasteiger charge is 2.36.